The Bertz CT molecular complexity index is 886. The normalized spacial score (nSPS) is 32.7. The lowest BCUT2D eigenvalue weighted by atomic mass is 9.66. The summed E-state index contributed by atoms with van der Waals surface area (Å²) in [7, 11) is 0. The predicted octanol–water partition coefficient (Wildman–Crippen LogP) is 3.66. The van der Waals surface area contributed by atoms with Gasteiger partial charge in [0.25, 0.3) is 0 Å². The van der Waals surface area contributed by atoms with Gasteiger partial charge in [0.05, 0.1) is 35.8 Å². The van der Waals surface area contributed by atoms with E-state index in [1.165, 1.54) is 0 Å². The Labute approximate surface area is 220 Å². The van der Waals surface area contributed by atoms with Crippen LogP contribution in [0.15, 0.2) is 25.3 Å². The van der Waals surface area contributed by atoms with E-state index in [2.05, 4.69) is 20.1 Å². The van der Waals surface area contributed by atoms with Gasteiger partial charge in [0.1, 0.15) is 6.04 Å². The van der Waals surface area contributed by atoms with Gasteiger partial charge in [0.2, 0.25) is 11.8 Å². The first-order valence-corrected chi connectivity index (χ1v) is 14.1. The molecule has 1 spiro atoms. The highest BCUT2D eigenvalue weighted by Crippen LogP contribution is 2.69. The van der Waals surface area contributed by atoms with Gasteiger partial charge in [-0.05, 0) is 45.4 Å². The molecule has 0 aliphatic carbocycles. The van der Waals surface area contributed by atoms with Gasteiger partial charge in [-0.1, -0.05) is 39.3 Å². The molecule has 7 nitrogen and oxygen atoms in total. The number of rotatable bonds is 11. The molecule has 202 valence electrons. The lowest BCUT2D eigenvalue weighted by Gasteiger charge is -2.45. The number of nitrogens with zero attached hydrogens (tertiary/aromatic N) is 2. The summed E-state index contributed by atoms with van der Waals surface area (Å²) in [5.41, 5.74) is -0.493. The monoisotopic (exact) mass is 520 g/mol. The van der Waals surface area contributed by atoms with Gasteiger partial charge in [0, 0.05) is 17.3 Å². The Morgan fingerprint density at radius 1 is 1.33 bits per heavy atom. The van der Waals surface area contributed by atoms with Crippen molar-refractivity contribution in [3.8, 4) is 0 Å². The van der Waals surface area contributed by atoms with Gasteiger partial charge in [-0.3, -0.25) is 14.4 Å². The minimum atomic E-state index is -0.767. The summed E-state index contributed by atoms with van der Waals surface area (Å²) >= 11 is 1.63. The highest BCUT2D eigenvalue weighted by molar-refractivity contribution is 8.02. The molecule has 2 amide bonds. The third-order valence-corrected chi connectivity index (χ3v) is 10.6. The molecule has 0 saturated carbocycles. The van der Waals surface area contributed by atoms with Crippen molar-refractivity contribution in [2.24, 2.45) is 23.7 Å². The summed E-state index contributed by atoms with van der Waals surface area (Å²) in [5, 5.41) is 10.4. The van der Waals surface area contributed by atoms with Crippen molar-refractivity contribution >= 4 is 29.5 Å². The fraction of sp³-hybridized carbons (Fsp3) is 0.750. The van der Waals surface area contributed by atoms with E-state index in [4.69, 9.17) is 4.74 Å². The Morgan fingerprint density at radius 2 is 2.00 bits per heavy atom. The maximum absolute atomic E-state index is 14.5. The molecular formula is C28H44N2O5S. The topological polar surface area (TPSA) is 87.1 Å². The highest BCUT2D eigenvalue weighted by atomic mass is 32.2. The highest BCUT2D eigenvalue weighted by Gasteiger charge is 2.77. The number of aliphatic hydroxyl groups is 1. The van der Waals surface area contributed by atoms with Crippen LogP contribution in [0, 0.1) is 23.7 Å². The molecule has 0 aromatic rings. The van der Waals surface area contributed by atoms with Crippen molar-refractivity contribution in [2.45, 2.75) is 88.4 Å². The first-order valence-electron chi connectivity index (χ1n) is 13.2. The number of likely N-dealkylation sites (tertiary alicyclic amines) is 1. The zero-order chi connectivity index (χ0) is 27.0. The number of thioether (sulfide) groups is 1. The molecule has 3 fully saturated rings. The molecule has 3 unspecified atom stereocenters. The molecule has 3 saturated heterocycles. The van der Waals surface area contributed by atoms with Gasteiger partial charge >= 0.3 is 5.97 Å². The van der Waals surface area contributed by atoms with Crippen LogP contribution < -0.4 is 0 Å². The number of carbonyl (C=O) groups excluding carboxylic acids is 3. The van der Waals surface area contributed by atoms with E-state index in [0.29, 0.717) is 13.0 Å². The summed E-state index contributed by atoms with van der Waals surface area (Å²) in [4.78, 5) is 45.6. The van der Waals surface area contributed by atoms with E-state index in [-0.39, 0.29) is 48.1 Å². The minimum absolute atomic E-state index is 0.0116. The van der Waals surface area contributed by atoms with Crippen LogP contribution in [0.4, 0.5) is 0 Å². The smallest absolute Gasteiger partial charge is 0.310 e. The Balaban J connectivity index is 2.15. The second-order valence-corrected chi connectivity index (χ2v) is 13.1. The van der Waals surface area contributed by atoms with Gasteiger partial charge < -0.3 is 19.6 Å². The molecule has 8 heteroatoms. The Kier molecular flexibility index (Phi) is 8.71. The number of amides is 2. The second kappa shape index (κ2) is 10.9. The number of hydrogen-bond acceptors (Lipinski definition) is 6. The molecule has 0 aromatic carbocycles. The second-order valence-electron chi connectivity index (χ2n) is 11.6. The molecular weight excluding hydrogens is 476 g/mol. The van der Waals surface area contributed by atoms with E-state index in [9.17, 15) is 19.5 Å². The number of aliphatic hydroxyl groups excluding tert-OH is 1. The number of carbonyl (C=O) groups is 3. The summed E-state index contributed by atoms with van der Waals surface area (Å²) in [5.74, 6) is -1.90. The fourth-order valence-electron chi connectivity index (χ4n) is 6.49. The van der Waals surface area contributed by atoms with Gasteiger partial charge in [-0.25, -0.2) is 0 Å². The first-order chi connectivity index (χ1) is 16.9. The van der Waals surface area contributed by atoms with Crippen molar-refractivity contribution in [3.63, 3.8) is 0 Å². The molecule has 36 heavy (non-hydrogen) atoms. The average molecular weight is 521 g/mol. The minimum Gasteiger partial charge on any atom is -0.465 e. The third kappa shape index (κ3) is 4.53. The Morgan fingerprint density at radius 3 is 2.53 bits per heavy atom. The molecule has 1 N–H and O–H groups in total. The molecule has 3 aliphatic heterocycles. The number of fused-ring (bicyclic) bond motifs is 1. The summed E-state index contributed by atoms with van der Waals surface area (Å²) in [6.45, 7) is 19.9. The van der Waals surface area contributed by atoms with E-state index in [1.807, 2.05) is 34.6 Å². The van der Waals surface area contributed by atoms with Crippen LogP contribution in [0.2, 0.25) is 0 Å². The third-order valence-electron chi connectivity index (χ3n) is 8.49. The van der Waals surface area contributed by atoms with Crippen LogP contribution in [0.5, 0.6) is 0 Å². The lowest BCUT2D eigenvalue weighted by Crippen LogP contribution is -2.62. The summed E-state index contributed by atoms with van der Waals surface area (Å²) in [6.07, 6.45) is 5.45. The van der Waals surface area contributed by atoms with Crippen molar-refractivity contribution in [1.29, 1.82) is 0 Å². The number of ether oxygens (including phenoxy) is 1. The maximum atomic E-state index is 14.5. The lowest BCUT2D eigenvalue weighted by molar-refractivity contribution is -0.155. The molecule has 8 atom stereocenters. The van der Waals surface area contributed by atoms with Crippen molar-refractivity contribution < 1.29 is 24.2 Å². The van der Waals surface area contributed by atoms with E-state index >= 15 is 0 Å². The predicted molar refractivity (Wildman–Crippen MR) is 143 cm³/mol. The van der Waals surface area contributed by atoms with Crippen molar-refractivity contribution in [3.05, 3.63) is 25.3 Å². The number of esters is 1. The molecule has 0 radical (unpaired) electrons. The quantitative estimate of drug-likeness (QED) is 0.254. The van der Waals surface area contributed by atoms with Crippen LogP contribution in [0.1, 0.15) is 60.8 Å². The van der Waals surface area contributed by atoms with Crippen molar-refractivity contribution in [1.82, 2.24) is 9.80 Å². The molecule has 3 aliphatic rings. The number of hydrogen-bond donors (Lipinski definition) is 1. The maximum Gasteiger partial charge on any atom is 0.310 e. The van der Waals surface area contributed by atoms with E-state index in [0.717, 1.165) is 12.8 Å². The summed E-state index contributed by atoms with van der Waals surface area (Å²) in [6, 6.07) is -1.28. The van der Waals surface area contributed by atoms with Crippen LogP contribution >= 0.6 is 11.8 Å². The van der Waals surface area contributed by atoms with Crippen LogP contribution in [-0.4, -0.2) is 80.1 Å². The first kappa shape index (κ1) is 28.8. The van der Waals surface area contributed by atoms with E-state index in [1.54, 1.807) is 33.7 Å². The molecule has 3 heterocycles. The SMILES string of the molecule is C=CCCOC(=O)[C@@H]1[C@H]2C(=O)N([C@@H](CO)[C@@H](C)CC)C(C(=O)N(CC=C)C(C)(C)C)C23S[C@@H]1CC3C. The zero-order valence-electron chi connectivity index (χ0n) is 22.7. The van der Waals surface area contributed by atoms with Crippen LogP contribution in [-0.2, 0) is 19.1 Å². The molecule has 3 rings (SSSR count). The Hall–Kier alpha value is -1.80. The standard InChI is InChI=1S/C28H44N2O5S/c1-9-12-14-35-26(34)21-20-15-18(5)28(36-20)22(21)24(32)30(19(16-31)17(4)11-3)23(28)25(33)29(13-10-2)27(6,7)8/h9-10,17-23,31H,1-2,11-16H2,3-8H3/t17-,18?,19-,20+,21-,22-,23?,28?/m0/s1. The fourth-order valence-corrected chi connectivity index (χ4v) is 8.88. The van der Waals surface area contributed by atoms with Gasteiger partial charge in [-0.2, -0.15) is 0 Å². The molecule has 0 aromatic heterocycles. The van der Waals surface area contributed by atoms with Gasteiger partial charge in [-0.15, -0.1) is 24.9 Å². The van der Waals surface area contributed by atoms with Gasteiger partial charge in [0.15, 0.2) is 0 Å². The van der Waals surface area contributed by atoms with Crippen LogP contribution in [0.3, 0.4) is 0 Å². The largest absolute Gasteiger partial charge is 0.465 e. The van der Waals surface area contributed by atoms with E-state index < -0.39 is 34.2 Å². The van der Waals surface area contributed by atoms with Crippen LogP contribution in [0.25, 0.3) is 0 Å². The van der Waals surface area contributed by atoms with Crippen molar-refractivity contribution in [2.75, 3.05) is 19.8 Å². The molecule has 2 bridgehead atoms. The zero-order valence-corrected chi connectivity index (χ0v) is 23.6. The average Bonchev–Trinajstić information content (AvgIpc) is 3.41. The summed E-state index contributed by atoms with van der Waals surface area (Å²) < 4.78 is 4.84.